The van der Waals surface area contributed by atoms with E-state index in [1.54, 1.807) is 42.8 Å². The van der Waals surface area contributed by atoms with Gasteiger partial charge in [0, 0.05) is 27.3 Å². The Bertz CT molecular complexity index is 1560. The first-order valence-electron chi connectivity index (χ1n) is 12.3. The number of aryl methyl sites for hydroxylation is 1. The number of aromatic nitrogens is 3. The first kappa shape index (κ1) is 25.4. The molecule has 0 unspecified atom stereocenters. The molecule has 0 aliphatic heterocycles. The number of alkyl halides is 3. The number of fused-ring (bicyclic) bond motifs is 1. The molecule has 0 amide bonds. The highest BCUT2D eigenvalue weighted by molar-refractivity contribution is 9.10. The van der Waals surface area contributed by atoms with Crippen molar-refractivity contribution in [1.82, 2.24) is 14.2 Å². The maximum Gasteiger partial charge on any atom is 0.418 e. The summed E-state index contributed by atoms with van der Waals surface area (Å²) in [6.07, 6.45) is 2.25. The molecular weight excluding hydrogens is 545 g/mol. The van der Waals surface area contributed by atoms with Crippen molar-refractivity contribution in [3.63, 3.8) is 0 Å². The molecule has 1 aliphatic carbocycles. The fourth-order valence-electron chi connectivity index (χ4n) is 5.22. The van der Waals surface area contributed by atoms with Crippen molar-refractivity contribution in [2.45, 2.75) is 58.0 Å². The highest BCUT2D eigenvalue weighted by atomic mass is 79.9. The van der Waals surface area contributed by atoms with E-state index in [0.717, 1.165) is 42.6 Å². The Morgan fingerprint density at radius 1 is 1.05 bits per heavy atom. The van der Waals surface area contributed by atoms with Crippen LogP contribution in [0.15, 0.2) is 62.9 Å². The van der Waals surface area contributed by atoms with Crippen LogP contribution in [0.5, 0.6) is 0 Å². The largest absolute Gasteiger partial charge is 0.418 e. The van der Waals surface area contributed by atoms with E-state index in [9.17, 15) is 18.0 Å². The number of halogens is 4. The molecule has 1 saturated carbocycles. The van der Waals surface area contributed by atoms with Gasteiger partial charge in [0.1, 0.15) is 5.82 Å². The maximum absolute atomic E-state index is 13.7. The molecule has 9 heteroatoms. The molecule has 0 spiro atoms. The van der Waals surface area contributed by atoms with Gasteiger partial charge in [-0.2, -0.15) is 22.9 Å². The van der Waals surface area contributed by atoms with E-state index < -0.39 is 11.7 Å². The van der Waals surface area contributed by atoms with Crippen LogP contribution in [-0.4, -0.2) is 20.4 Å². The molecule has 4 aromatic rings. The van der Waals surface area contributed by atoms with Gasteiger partial charge in [-0.1, -0.05) is 47.3 Å². The Hall–Kier alpha value is -3.20. The number of rotatable bonds is 4. The molecule has 0 atom stereocenters. The van der Waals surface area contributed by atoms with Crippen molar-refractivity contribution < 1.29 is 13.2 Å². The van der Waals surface area contributed by atoms with Gasteiger partial charge in [0.25, 0.3) is 5.56 Å². The fourth-order valence-corrected chi connectivity index (χ4v) is 5.58. The minimum Gasteiger partial charge on any atom is -0.317 e. The van der Waals surface area contributed by atoms with Gasteiger partial charge in [-0.15, -0.1) is 0 Å². The lowest BCUT2D eigenvalue weighted by Gasteiger charge is -2.22. The number of para-hydroxylation sites is 1. The minimum absolute atomic E-state index is 0.0573. The highest BCUT2D eigenvalue weighted by Gasteiger charge is 2.34. The first-order chi connectivity index (χ1) is 17.6. The third kappa shape index (κ3) is 4.89. The molecule has 5 nitrogen and oxygen atoms in total. The summed E-state index contributed by atoms with van der Waals surface area (Å²) in [5.74, 6) is 0.754. The second kappa shape index (κ2) is 9.93. The molecule has 2 aromatic carbocycles. The molecule has 0 N–H and O–H groups in total. The van der Waals surface area contributed by atoms with Crippen LogP contribution in [0, 0.1) is 13.8 Å². The molecule has 5 rings (SSSR count). The summed E-state index contributed by atoms with van der Waals surface area (Å²) in [6, 6.07) is 12.7. The van der Waals surface area contributed by atoms with Crippen LogP contribution in [0.4, 0.5) is 13.2 Å². The fraction of sp³-hybridized carbons (Fsp3) is 0.321. The third-order valence-corrected chi connectivity index (χ3v) is 7.53. The predicted molar refractivity (Wildman–Crippen MR) is 143 cm³/mol. The lowest BCUT2D eigenvalue weighted by Crippen LogP contribution is -2.25. The summed E-state index contributed by atoms with van der Waals surface area (Å²) in [7, 11) is 0. The van der Waals surface area contributed by atoms with Gasteiger partial charge in [0.2, 0.25) is 0 Å². The molecule has 0 saturated heterocycles. The zero-order chi connectivity index (χ0) is 26.3. The summed E-state index contributed by atoms with van der Waals surface area (Å²) in [4.78, 5) is 18.4. The number of hydrogen-bond acceptors (Lipinski definition) is 3. The molecular formula is C28H26BrF3N4O. The van der Waals surface area contributed by atoms with Gasteiger partial charge in [0.05, 0.1) is 28.4 Å². The summed E-state index contributed by atoms with van der Waals surface area (Å²) < 4.78 is 44.8. The third-order valence-electron chi connectivity index (χ3n) is 7.04. The van der Waals surface area contributed by atoms with Gasteiger partial charge in [-0.25, -0.2) is 4.98 Å². The van der Waals surface area contributed by atoms with Crippen molar-refractivity contribution in [3.05, 3.63) is 91.7 Å². The van der Waals surface area contributed by atoms with Crippen molar-refractivity contribution in [2.75, 3.05) is 0 Å². The Morgan fingerprint density at radius 3 is 2.51 bits per heavy atom. The van der Waals surface area contributed by atoms with Gasteiger partial charge >= 0.3 is 6.18 Å². The van der Waals surface area contributed by atoms with Gasteiger partial charge in [-0.3, -0.25) is 4.79 Å². The summed E-state index contributed by atoms with van der Waals surface area (Å²) >= 11 is 3.43. The Balaban J connectivity index is 1.63. The Kier molecular flexibility index (Phi) is 6.83. The van der Waals surface area contributed by atoms with E-state index in [-0.39, 0.29) is 17.2 Å². The Morgan fingerprint density at radius 2 is 1.78 bits per heavy atom. The molecule has 1 fully saturated rings. The second-order valence-corrected chi connectivity index (χ2v) is 10.4. The quantitative estimate of drug-likeness (QED) is 0.238. The second-order valence-electron chi connectivity index (χ2n) is 9.50. The Labute approximate surface area is 220 Å². The predicted octanol–water partition coefficient (Wildman–Crippen LogP) is 7.52. The topological polar surface area (TPSA) is 52.2 Å². The van der Waals surface area contributed by atoms with E-state index in [0.29, 0.717) is 33.7 Å². The SMILES string of the molecule is Cc1cc(C=Nn2c(C3CCCCC3)nc3ccc(Br)cc3c2=O)c(C)n1-c1ccccc1C(F)(F)F. The van der Waals surface area contributed by atoms with Gasteiger partial charge in [0.15, 0.2) is 0 Å². The van der Waals surface area contributed by atoms with Crippen LogP contribution in [-0.2, 0) is 6.18 Å². The van der Waals surface area contributed by atoms with Crippen LogP contribution in [0.2, 0.25) is 0 Å². The van der Waals surface area contributed by atoms with Crippen LogP contribution in [0.1, 0.15) is 66.4 Å². The zero-order valence-electron chi connectivity index (χ0n) is 20.5. The van der Waals surface area contributed by atoms with E-state index in [4.69, 9.17) is 4.98 Å². The number of benzene rings is 2. The average Bonchev–Trinajstić information content (AvgIpc) is 3.16. The summed E-state index contributed by atoms with van der Waals surface area (Å²) in [5.41, 5.74) is 1.58. The summed E-state index contributed by atoms with van der Waals surface area (Å²) in [5, 5.41) is 5.03. The normalized spacial score (nSPS) is 15.2. The van der Waals surface area contributed by atoms with Gasteiger partial charge in [-0.05, 0) is 63.1 Å². The van der Waals surface area contributed by atoms with Crippen molar-refractivity contribution >= 4 is 33.0 Å². The van der Waals surface area contributed by atoms with Gasteiger partial charge < -0.3 is 4.57 Å². The van der Waals surface area contributed by atoms with Crippen molar-refractivity contribution in [3.8, 4) is 5.69 Å². The smallest absolute Gasteiger partial charge is 0.317 e. The van der Waals surface area contributed by atoms with Crippen LogP contribution in [0.25, 0.3) is 16.6 Å². The molecule has 1 aliphatic rings. The molecule has 0 bridgehead atoms. The number of hydrogen-bond donors (Lipinski definition) is 0. The van der Waals surface area contributed by atoms with Crippen LogP contribution < -0.4 is 5.56 Å². The molecule has 192 valence electrons. The average molecular weight is 571 g/mol. The summed E-state index contributed by atoms with van der Waals surface area (Å²) in [6.45, 7) is 3.51. The standard InChI is InChI=1S/C28H26BrF3N4O/c1-17-14-20(18(2)35(17)25-11-7-6-10-23(25)28(30,31)32)16-33-36-26(19-8-4-3-5-9-19)34-24-13-12-21(29)15-22(24)27(36)37/h6-7,10-16,19H,3-5,8-9H2,1-2H3. The molecule has 2 heterocycles. The van der Waals surface area contributed by atoms with Crippen molar-refractivity contribution in [2.24, 2.45) is 5.10 Å². The van der Waals surface area contributed by atoms with Crippen LogP contribution in [0.3, 0.4) is 0 Å². The first-order valence-corrected chi connectivity index (χ1v) is 13.1. The lowest BCUT2D eigenvalue weighted by atomic mass is 9.88. The molecule has 37 heavy (non-hydrogen) atoms. The minimum atomic E-state index is -4.48. The molecule has 2 aromatic heterocycles. The lowest BCUT2D eigenvalue weighted by molar-refractivity contribution is -0.137. The van der Waals surface area contributed by atoms with E-state index in [1.807, 2.05) is 12.1 Å². The molecule has 0 radical (unpaired) electrons. The van der Waals surface area contributed by atoms with E-state index >= 15 is 0 Å². The van der Waals surface area contributed by atoms with Crippen LogP contribution >= 0.6 is 15.9 Å². The van der Waals surface area contributed by atoms with E-state index in [2.05, 4.69) is 21.0 Å². The van der Waals surface area contributed by atoms with Crippen molar-refractivity contribution in [1.29, 1.82) is 0 Å². The highest BCUT2D eigenvalue weighted by Crippen LogP contribution is 2.35. The maximum atomic E-state index is 13.7. The zero-order valence-corrected chi connectivity index (χ0v) is 22.1. The number of nitrogens with zero attached hydrogens (tertiary/aromatic N) is 4. The van der Waals surface area contributed by atoms with E-state index in [1.165, 1.54) is 16.8 Å². The monoisotopic (exact) mass is 570 g/mol.